The second-order valence-corrected chi connectivity index (χ2v) is 4.77. The van der Waals surface area contributed by atoms with Crippen molar-refractivity contribution in [1.82, 2.24) is 0 Å². The summed E-state index contributed by atoms with van der Waals surface area (Å²) in [5, 5.41) is 23.0. The van der Waals surface area contributed by atoms with Crippen molar-refractivity contribution >= 4 is 17.3 Å². The molecule has 0 unspecified atom stereocenters. The molecule has 6 nitrogen and oxygen atoms in total. The molecule has 1 saturated carbocycles. The zero-order valence-corrected chi connectivity index (χ0v) is 10.5. The molecule has 19 heavy (non-hydrogen) atoms. The number of carboxylic acid groups (broad SMARTS) is 1. The number of hydrogen-bond acceptors (Lipinski definition) is 4. The van der Waals surface area contributed by atoms with Crippen molar-refractivity contribution in [2.24, 2.45) is 0 Å². The molecule has 1 aromatic rings. The number of benzene rings is 1. The first-order valence-corrected chi connectivity index (χ1v) is 6.36. The maximum Gasteiger partial charge on any atom is 0.337 e. The standard InChI is InChI=1S/C13H16N2O4/c16-13(17)11-7-6-10(15(18)19)8-12(11)14-9-4-2-1-3-5-9/h6-9,14H,1-5H2,(H,16,17). The number of nitro groups is 1. The number of hydrogen-bond donors (Lipinski definition) is 2. The Kier molecular flexibility index (Phi) is 3.99. The summed E-state index contributed by atoms with van der Waals surface area (Å²) in [5.74, 6) is -1.08. The first-order chi connectivity index (χ1) is 9.08. The Labute approximate surface area is 110 Å². The number of anilines is 1. The first kappa shape index (κ1) is 13.3. The summed E-state index contributed by atoms with van der Waals surface area (Å²) in [6.45, 7) is 0. The van der Waals surface area contributed by atoms with Gasteiger partial charge in [0, 0.05) is 18.2 Å². The van der Waals surface area contributed by atoms with E-state index < -0.39 is 10.9 Å². The molecule has 0 atom stereocenters. The minimum atomic E-state index is -1.08. The molecule has 1 aliphatic rings. The zero-order valence-electron chi connectivity index (χ0n) is 10.5. The minimum Gasteiger partial charge on any atom is -0.478 e. The lowest BCUT2D eigenvalue weighted by molar-refractivity contribution is -0.384. The normalized spacial score (nSPS) is 16.0. The molecule has 0 bridgehead atoms. The average molecular weight is 264 g/mol. The van der Waals surface area contributed by atoms with Crippen molar-refractivity contribution in [2.75, 3.05) is 5.32 Å². The minimum absolute atomic E-state index is 0.0798. The fourth-order valence-corrected chi connectivity index (χ4v) is 2.42. The van der Waals surface area contributed by atoms with E-state index in [1.807, 2.05) is 0 Å². The fourth-order valence-electron chi connectivity index (χ4n) is 2.42. The van der Waals surface area contributed by atoms with Crippen molar-refractivity contribution in [1.29, 1.82) is 0 Å². The number of nitrogens with zero attached hydrogens (tertiary/aromatic N) is 1. The van der Waals surface area contributed by atoms with Crippen molar-refractivity contribution in [3.8, 4) is 0 Å². The molecular formula is C13H16N2O4. The van der Waals surface area contributed by atoms with Crippen LogP contribution in [0.3, 0.4) is 0 Å². The van der Waals surface area contributed by atoms with E-state index in [0.717, 1.165) is 25.7 Å². The van der Waals surface area contributed by atoms with Crippen LogP contribution in [0.2, 0.25) is 0 Å². The highest BCUT2D eigenvalue weighted by Gasteiger charge is 2.19. The molecule has 1 aliphatic carbocycles. The lowest BCUT2D eigenvalue weighted by atomic mass is 9.95. The number of rotatable bonds is 4. The second-order valence-electron chi connectivity index (χ2n) is 4.77. The summed E-state index contributed by atoms with van der Waals surface area (Å²) in [6, 6.07) is 4.01. The molecular weight excluding hydrogens is 248 g/mol. The topological polar surface area (TPSA) is 92.5 Å². The van der Waals surface area contributed by atoms with Crippen LogP contribution in [0.5, 0.6) is 0 Å². The maximum absolute atomic E-state index is 11.1. The van der Waals surface area contributed by atoms with Crippen LogP contribution >= 0.6 is 0 Å². The number of carboxylic acids is 1. The van der Waals surface area contributed by atoms with E-state index in [0.29, 0.717) is 5.69 Å². The van der Waals surface area contributed by atoms with Gasteiger partial charge in [-0.15, -0.1) is 0 Å². The highest BCUT2D eigenvalue weighted by atomic mass is 16.6. The Balaban J connectivity index is 2.26. The van der Waals surface area contributed by atoms with Crippen LogP contribution in [-0.2, 0) is 0 Å². The SMILES string of the molecule is O=C(O)c1ccc([N+](=O)[O-])cc1NC1CCCCC1. The zero-order chi connectivity index (χ0) is 13.8. The van der Waals surface area contributed by atoms with Gasteiger partial charge in [-0.1, -0.05) is 19.3 Å². The lowest BCUT2D eigenvalue weighted by Gasteiger charge is -2.24. The number of aromatic carboxylic acids is 1. The van der Waals surface area contributed by atoms with Gasteiger partial charge < -0.3 is 10.4 Å². The molecule has 0 amide bonds. The number of non-ortho nitro benzene ring substituents is 1. The molecule has 0 radical (unpaired) electrons. The Hall–Kier alpha value is -2.11. The summed E-state index contributed by atoms with van der Waals surface area (Å²) in [7, 11) is 0. The Morgan fingerprint density at radius 3 is 2.58 bits per heavy atom. The molecule has 0 spiro atoms. The number of carbonyl (C=O) groups is 1. The van der Waals surface area contributed by atoms with E-state index in [-0.39, 0.29) is 17.3 Å². The van der Waals surface area contributed by atoms with Gasteiger partial charge >= 0.3 is 5.97 Å². The molecule has 1 aromatic carbocycles. The van der Waals surface area contributed by atoms with Crippen molar-refractivity contribution in [2.45, 2.75) is 38.1 Å². The Morgan fingerprint density at radius 2 is 2.00 bits per heavy atom. The van der Waals surface area contributed by atoms with Gasteiger partial charge in [-0.2, -0.15) is 0 Å². The Bertz CT molecular complexity index is 495. The lowest BCUT2D eigenvalue weighted by Crippen LogP contribution is -2.23. The molecule has 2 rings (SSSR count). The molecule has 102 valence electrons. The third-order valence-electron chi connectivity index (χ3n) is 3.41. The molecule has 1 fully saturated rings. The van der Waals surface area contributed by atoms with Gasteiger partial charge in [-0.25, -0.2) is 4.79 Å². The number of nitrogens with one attached hydrogen (secondary N) is 1. The maximum atomic E-state index is 11.1. The van der Waals surface area contributed by atoms with Crippen LogP contribution in [0.4, 0.5) is 11.4 Å². The smallest absolute Gasteiger partial charge is 0.337 e. The van der Waals surface area contributed by atoms with Crippen LogP contribution in [0.15, 0.2) is 18.2 Å². The van der Waals surface area contributed by atoms with E-state index in [1.165, 1.54) is 24.6 Å². The van der Waals surface area contributed by atoms with Crippen LogP contribution < -0.4 is 5.32 Å². The Morgan fingerprint density at radius 1 is 1.32 bits per heavy atom. The van der Waals surface area contributed by atoms with Crippen molar-refractivity contribution in [3.63, 3.8) is 0 Å². The molecule has 0 aliphatic heterocycles. The first-order valence-electron chi connectivity index (χ1n) is 6.36. The second kappa shape index (κ2) is 5.69. The predicted octanol–water partition coefficient (Wildman–Crippen LogP) is 3.04. The van der Waals surface area contributed by atoms with Crippen molar-refractivity contribution < 1.29 is 14.8 Å². The third-order valence-corrected chi connectivity index (χ3v) is 3.41. The van der Waals surface area contributed by atoms with Gasteiger partial charge in [-0.05, 0) is 18.9 Å². The van der Waals surface area contributed by atoms with Crippen LogP contribution in [-0.4, -0.2) is 22.0 Å². The highest BCUT2D eigenvalue weighted by Crippen LogP contribution is 2.27. The van der Waals surface area contributed by atoms with E-state index in [1.54, 1.807) is 0 Å². The molecule has 0 saturated heterocycles. The van der Waals surface area contributed by atoms with E-state index >= 15 is 0 Å². The number of nitro benzene ring substituents is 1. The summed E-state index contributed by atoms with van der Waals surface area (Å²) < 4.78 is 0. The predicted molar refractivity (Wildman–Crippen MR) is 70.6 cm³/mol. The molecule has 0 heterocycles. The third kappa shape index (κ3) is 3.21. The summed E-state index contributed by atoms with van der Waals surface area (Å²) in [4.78, 5) is 21.4. The monoisotopic (exact) mass is 264 g/mol. The average Bonchev–Trinajstić information content (AvgIpc) is 2.39. The van der Waals surface area contributed by atoms with E-state index in [2.05, 4.69) is 5.32 Å². The molecule has 2 N–H and O–H groups in total. The van der Waals surface area contributed by atoms with Crippen molar-refractivity contribution in [3.05, 3.63) is 33.9 Å². The summed E-state index contributed by atoms with van der Waals surface area (Å²) in [6.07, 6.45) is 5.35. The quantitative estimate of drug-likeness (QED) is 0.644. The van der Waals surface area contributed by atoms with E-state index in [4.69, 9.17) is 5.11 Å². The van der Waals surface area contributed by atoms with Gasteiger partial charge in [0.15, 0.2) is 0 Å². The van der Waals surface area contributed by atoms with Crippen LogP contribution in [0, 0.1) is 10.1 Å². The van der Waals surface area contributed by atoms with E-state index in [9.17, 15) is 14.9 Å². The van der Waals surface area contributed by atoms with Gasteiger partial charge in [-0.3, -0.25) is 10.1 Å². The largest absolute Gasteiger partial charge is 0.478 e. The summed E-state index contributed by atoms with van der Waals surface area (Å²) in [5.41, 5.74) is 0.327. The molecule has 6 heteroatoms. The van der Waals surface area contributed by atoms with Gasteiger partial charge in [0.25, 0.3) is 5.69 Å². The van der Waals surface area contributed by atoms with Crippen LogP contribution in [0.1, 0.15) is 42.5 Å². The summed E-state index contributed by atoms with van der Waals surface area (Å²) >= 11 is 0. The van der Waals surface area contributed by atoms with Crippen LogP contribution in [0.25, 0.3) is 0 Å². The van der Waals surface area contributed by atoms with Gasteiger partial charge in [0.1, 0.15) is 0 Å². The van der Waals surface area contributed by atoms with Gasteiger partial charge in [0.2, 0.25) is 0 Å². The molecule has 0 aromatic heterocycles. The fraction of sp³-hybridized carbons (Fsp3) is 0.462. The van der Waals surface area contributed by atoms with Gasteiger partial charge in [0.05, 0.1) is 16.2 Å². The highest BCUT2D eigenvalue weighted by molar-refractivity contribution is 5.94.